The van der Waals surface area contributed by atoms with E-state index in [2.05, 4.69) is 4.98 Å². The third-order valence-electron chi connectivity index (χ3n) is 2.53. The van der Waals surface area contributed by atoms with Crippen molar-refractivity contribution in [1.82, 2.24) is 4.98 Å². The van der Waals surface area contributed by atoms with Gasteiger partial charge in [0.05, 0.1) is 18.2 Å². The van der Waals surface area contributed by atoms with Crippen LogP contribution >= 0.6 is 0 Å². The van der Waals surface area contributed by atoms with Gasteiger partial charge in [-0.1, -0.05) is 30.3 Å². The molecule has 19 heavy (non-hydrogen) atoms. The van der Waals surface area contributed by atoms with Crippen LogP contribution in [0.15, 0.2) is 48.7 Å². The van der Waals surface area contributed by atoms with Crippen LogP contribution in [0.5, 0.6) is 5.75 Å². The lowest BCUT2D eigenvalue weighted by Gasteiger charge is -2.16. The van der Waals surface area contributed by atoms with Crippen molar-refractivity contribution in [2.24, 2.45) is 0 Å². The molecular weight excluding hydrogens is 240 g/mol. The van der Waals surface area contributed by atoms with Gasteiger partial charge >= 0.3 is 0 Å². The highest BCUT2D eigenvalue weighted by molar-refractivity contribution is 5.39. The van der Waals surface area contributed by atoms with Crippen molar-refractivity contribution < 1.29 is 15.3 Å². The van der Waals surface area contributed by atoms with Crippen LogP contribution in [-0.4, -0.2) is 30.2 Å². The summed E-state index contributed by atoms with van der Waals surface area (Å²) in [5, 5.41) is 9.31. The average molecular weight is 262 g/mol. The number of hydrogen-bond acceptors (Lipinski definition) is 4. The summed E-state index contributed by atoms with van der Waals surface area (Å²) < 4.78 is 35.3. The first-order chi connectivity index (χ1) is 10.7. The van der Waals surface area contributed by atoms with Crippen molar-refractivity contribution in [2.75, 3.05) is 25.0 Å². The summed E-state index contributed by atoms with van der Waals surface area (Å²) in [6.07, 6.45) is 1.43. The average Bonchev–Trinajstić information content (AvgIpc) is 2.52. The lowest BCUT2D eigenvalue weighted by Crippen LogP contribution is -2.21. The van der Waals surface area contributed by atoms with E-state index < -0.39 is 13.1 Å². The van der Waals surface area contributed by atoms with Crippen LogP contribution in [0.4, 0.5) is 5.82 Å². The summed E-state index contributed by atoms with van der Waals surface area (Å²) in [7, 11) is 1.32. The molecule has 4 nitrogen and oxygen atoms in total. The highest BCUT2D eigenvalue weighted by Crippen LogP contribution is 2.15. The van der Waals surface area contributed by atoms with Gasteiger partial charge in [-0.3, -0.25) is 0 Å². The van der Waals surface area contributed by atoms with E-state index in [1.807, 2.05) is 30.3 Å². The van der Waals surface area contributed by atoms with E-state index in [0.29, 0.717) is 12.4 Å². The molecule has 0 atom stereocenters. The fourth-order valence-corrected chi connectivity index (χ4v) is 1.53. The Kier molecular flexibility index (Phi) is 3.18. The number of benzene rings is 1. The highest BCUT2D eigenvalue weighted by atomic mass is 16.5. The van der Waals surface area contributed by atoms with Crippen LogP contribution in [0.3, 0.4) is 0 Å². The Hall–Kier alpha value is -2.07. The lowest BCUT2D eigenvalue weighted by molar-refractivity contribution is 0.302. The Labute approximate surface area is 118 Å². The number of hydrogen-bond donors (Lipinski definition) is 1. The van der Waals surface area contributed by atoms with E-state index in [0.717, 1.165) is 10.5 Å². The van der Waals surface area contributed by atoms with Gasteiger partial charge in [0.1, 0.15) is 18.2 Å². The zero-order chi connectivity index (χ0) is 17.1. The van der Waals surface area contributed by atoms with Gasteiger partial charge in [-0.2, -0.15) is 0 Å². The number of pyridine rings is 1. The van der Waals surface area contributed by atoms with Crippen molar-refractivity contribution in [3.8, 4) is 5.75 Å². The van der Waals surface area contributed by atoms with E-state index in [9.17, 15) is 5.11 Å². The summed E-state index contributed by atoms with van der Waals surface area (Å²) in [5.74, 6) is 0.693. The third kappa shape index (κ3) is 3.96. The second kappa shape index (κ2) is 6.75. The molecule has 0 radical (unpaired) electrons. The van der Waals surface area contributed by atoms with E-state index >= 15 is 0 Å². The van der Waals surface area contributed by atoms with Crippen molar-refractivity contribution >= 4 is 5.82 Å². The standard InChI is InChI=1S/C15H18N2O2/c1-17(9-10-18)15-8-7-14(11-16-15)19-12-13-5-3-2-4-6-13/h2-8,11,18H,9-10,12H2,1H3/i9D2,10D2. The summed E-state index contributed by atoms with van der Waals surface area (Å²) in [6, 6.07) is 12.7. The zero-order valence-electron chi connectivity index (χ0n) is 14.6. The Bertz CT molecular complexity index is 630. The molecule has 0 aliphatic rings. The molecular formula is C15H18N2O2. The van der Waals surface area contributed by atoms with Crippen molar-refractivity contribution in [3.63, 3.8) is 0 Å². The van der Waals surface area contributed by atoms with Crippen LogP contribution in [0.2, 0.25) is 0 Å². The molecule has 0 spiro atoms. The maximum Gasteiger partial charge on any atom is 0.138 e. The second-order valence-corrected chi connectivity index (χ2v) is 3.91. The first-order valence-corrected chi connectivity index (χ1v) is 5.81. The summed E-state index contributed by atoms with van der Waals surface area (Å²) in [5.41, 5.74) is 1.01. The molecule has 4 heteroatoms. The molecule has 0 saturated heterocycles. The topological polar surface area (TPSA) is 45.6 Å². The molecule has 1 aromatic heterocycles. The summed E-state index contributed by atoms with van der Waals surface area (Å²) in [4.78, 5) is 4.99. The van der Waals surface area contributed by atoms with Gasteiger partial charge in [-0.05, 0) is 17.7 Å². The molecule has 0 saturated carbocycles. The van der Waals surface area contributed by atoms with Crippen LogP contribution in [0, 0.1) is 0 Å². The van der Waals surface area contributed by atoms with E-state index in [4.69, 9.17) is 10.2 Å². The quantitative estimate of drug-likeness (QED) is 0.866. The molecule has 1 aromatic carbocycles. The molecule has 1 heterocycles. The number of anilines is 1. The molecule has 0 bridgehead atoms. The molecule has 2 aromatic rings. The molecule has 0 amide bonds. The van der Waals surface area contributed by atoms with E-state index in [-0.39, 0.29) is 5.82 Å². The largest absolute Gasteiger partial charge is 0.487 e. The van der Waals surface area contributed by atoms with Gasteiger partial charge in [0.25, 0.3) is 0 Å². The lowest BCUT2D eigenvalue weighted by atomic mass is 10.2. The highest BCUT2D eigenvalue weighted by Gasteiger charge is 2.02. The van der Waals surface area contributed by atoms with Crippen LogP contribution in [0.1, 0.15) is 11.0 Å². The SMILES string of the molecule is [2H]C([2H])(O)C([2H])([2H])N(C)c1ccc(OCc2ccccc2)cn1. The van der Waals surface area contributed by atoms with Gasteiger partial charge < -0.3 is 14.7 Å². The second-order valence-electron chi connectivity index (χ2n) is 3.91. The van der Waals surface area contributed by atoms with Gasteiger partial charge in [0.2, 0.25) is 0 Å². The Morgan fingerprint density at radius 2 is 2.05 bits per heavy atom. The Balaban J connectivity index is 2.04. The van der Waals surface area contributed by atoms with Crippen molar-refractivity contribution in [1.29, 1.82) is 0 Å². The number of aromatic nitrogens is 1. The molecule has 100 valence electrons. The molecule has 1 N–H and O–H groups in total. The minimum atomic E-state index is -3.02. The maximum atomic E-state index is 9.31. The van der Waals surface area contributed by atoms with Crippen LogP contribution in [-0.2, 0) is 6.61 Å². The normalized spacial score (nSPS) is 14.8. The van der Waals surface area contributed by atoms with Crippen LogP contribution in [0.25, 0.3) is 0 Å². The van der Waals surface area contributed by atoms with Gasteiger partial charge in [0, 0.05) is 13.5 Å². The fourth-order valence-electron chi connectivity index (χ4n) is 1.53. The number of ether oxygens (including phenoxy) is 1. The molecule has 0 aliphatic heterocycles. The first-order valence-electron chi connectivity index (χ1n) is 7.81. The number of nitrogens with zero attached hydrogens (tertiary/aromatic N) is 2. The van der Waals surface area contributed by atoms with Crippen LogP contribution < -0.4 is 9.64 Å². The van der Waals surface area contributed by atoms with Gasteiger partial charge in [0.15, 0.2) is 0 Å². The fraction of sp³-hybridized carbons (Fsp3) is 0.267. The van der Waals surface area contributed by atoms with Gasteiger partial charge in [-0.15, -0.1) is 0 Å². The number of aliphatic hydroxyl groups is 1. The maximum absolute atomic E-state index is 9.31. The minimum Gasteiger partial charge on any atom is -0.487 e. The first kappa shape index (κ1) is 8.93. The Morgan fingerprint density at radius 1 is 1.26 bits per heavy atom. The predicted molar refractivity (Wildman–Crippen MR) is 75.4 cm³/mol. The number of rotatable bonds is 6. The molecule has 0 fully saturated rings. The number of likely N-dealkylation sites (N-methyl/N-ethyl adjacent to an activating group) is 1. The smallest absolute Gasteiger partial charge is 0.138 e. The van der Waals surface area contributed by atoms with Crippen molar-refractivity contribution in [2.45, 2.75) is 6.61 Å². The molecule has 0 unspecified atom stereocenters. The third-order valence-corrected chi connectivity index (χ3v) is 2.53. The summed E-state index contributed by atoms with van der Waals surface area (Å²) >= 11 is 0. The molecule has 0 aliphatic carbocycles. The van der Waals surface area contributed by atoms with E-state index in [1.165, 1.54) is 19.3 Å². The molecule has 2 rings (SSSR count). The summed E-state index contributed by atoms with van der Waals surface area (Å²) in [6.45, 7) is -5.25. The minimum absolute atomic E-state index is 0.181. The van der Waals surface area contributed by atoms with Crippen molar-refractivity contribution in [3.05, 3.63) is 54.2 Å². The van der Waals surface area contributed by atoms with E-state index in [1.54, 1.807) is 6.07 Å². The predicted octanol–water partition coefficient (Wildman–Crippen LogP) is 2.09. The zero-order valence-corrected chi connectivity index (χ0v) is 10.6. The Morgan fingerprint density at radius 3 is 2.68 bits per heavy atom. The van der Waals surface area contributed by atoms with Gasteiger partial charge in [-0.25, -0.2) is 4.98 Å². The monoisotopic (exact) mass is 262 g/mol.